The van der Waals surface area contributed by atoms with Gasteiger partial charge in [0.2, 0.25) is 0 Å². The summed E-state index contributed by atoms with van der Waals surface area (Å²) in [7, 11) is 0. The van der Waals surface area contributed by atoms with Gasteiger partial charge in [0.25, 0.3) is 0 Å². The van der Waals surface area contributed by atoms with Gasteiger partial charge < -0.3 is 4.57 Å². The number of imidazole rings is 1. The fourth-order valence-electron chi connectivity index (χ4n) is 6.92. The molecule has 2 aromatic rings. The van der Waals surface area contributed by atoms with E-state index in [-0.39, 0.29) is 5.41 Å². The van der Waals surface area contributed by atoms with Gasteiger partial charge in [-0.3, -0.25) is 0 Å². The van der Waals surface area contributed by atoms with Gasteiger partial charge in [0.15, 0.2) is 0 Å². The molecular formula is C26H36N2S. The molecule has 0 radical (unpaired) electrons. The normalized spacial score (nSPS) is 31.9. The zero-order chi connectivity index (χ0) is 20.2. The number of benzene rings is 1. The Morgan fingerprint density at radius 2 is 1.76 bits per heavy atom. The topological polar surface area (TPSA) is 17.8 Å². The molecule has 0 amide bonds. The predicted molar refractivity (Wildman–Crippen MR) is 122 cm³/mol. The Balaban J connectivity index is 1.46. The first kappa shape index (κ1) is 19.7. The summed E-state index contributed by atoms with van der Waals surface area (Å²) in [6.07, 6.45) is 15.0. The van der Waals surface area contributed by atoms with Gasteiger partial charge in [-0.05, 0) is 91.2 Å². The maximum absolute atomic E-state index is 4.34. The minimum Gasteiger partial charge on any atom is -0.336 e. The van der Waals surface area contributed by atoms with E-state index in [0.717, 1.165) is 24.3 Å². The van der Waals surface area contributed by atoms with Gasteiger partial charge in [0.1, 0.15) is 0 Å². The van der Waals surface area contributed by atoms with Gasteiger partial charge >= 0.3 is 0 Å². The molecule has 4 aliphatic rings. The minimum absolute atomic E-state index is 0.212. The van der Waals surface area contributed by atoms with Crippen LogP contribution in [0.5, 0.6) is 0 Å². The van der Waals surface area contributed by atoms with E-state index >= 15 is 0 Å². The molecule has 6 rings (SSSR count). The quantitative estimate of drug-likeness (QED) is 0.503. The van der Waals surface area contributed by atoms with Crippen LogP contribution in [0.4, 0.5) is 0 Å². The Bertz CT molecular complexity index is 826. The summed E-state index contributed by atoms with van der Waals surface area (Å²) in [6, 6.07) is 7.20. The van der Waals surface area contributed by atoms with Crippen molar-refractivity contribution in [1.82, 2.24) is 9.55 Å². The number of nitrogens with zero attached hydrogens (tertiary/aromatic N) is 2. The van der Waals surface area contributed by atoms with Crippen LogP contribution in [0.15, 0.2) is 41.8 Å². The van der Waals surface area contributed by atoms with Crippen molar-refractivity contribution in [3.8, 4) is 0 Å². The van der Waals surface area contributed by atoms with Crippen molar-refractivity contribution in [1.29, 1.82) is 0 Å². The van der Waals surface area contributed by atoms with E-state index < -0.39 is 0 Å². The van der Waals surface area contributed by atoms with E-state index in [1.807, 2.05) is 12.5 Å². The second-order valence-corrected chi connectivity index (χ2v) is 12.6. The zero-order valence-corrected chi connectivity index (χ0v) is 19.3. The molecule has 4 saturated carbocycles. The van der Waals surface area contributed by atoms with Crippen molar-refractivity contribution in [2.24, 2.45) is 23.2 Å². The second-order valence-electron chi connectivity index (χ2n) is 11.4. The van der Waals surface area contributed by atoms with Crippen molar-refractivity contribution in [2.45, 2.75) is 88.3 Å². The minimum atomic E-state index is 0.212. The summed E-state index contributed by atoms with van der Waals surface area (Å²) in [5, 5.41) is 0.643. The van der Waals surface area contributed by atoms with Crippen molar-refractivity contribution < 1.29 is 0 Å². The van der Waals surface area contributed by atoms with Crippen LogP contribution in [-0.2, 0) is 12.0 Å². The monoisotopic (exact) mass is 408 g/mol. The van der Waals surface area contributed by atoms with E-state index in [0.29, 0.717) is 10.7 Å². The fraction of sp³-hybridized carbons (Fsp3) is 0.654. The highest BCUT2D eigenvalue weighted by Gasteiger charge is 2.54. The van der Waals surface area contributed by atoms with E-state index in [9.17, 15) is 0 Å². The van der Waals surface area contributed by atoms with Gasteiger partial charge in [0, 0.05) is 29.1 Å². The lowest BCUT2D eigenvalue weighted by molar-refractivity contribution is -0.0553. The summed E-state index contributed by atoms with van der Waals surface area (Å²) < 4.78 is 2.33. The molecule has 1 heterocycles. The summed E-state index contributed by atoms with van der Waals surface area (Å²) in [6.45, 7) is 10.3. The highest BCUT2D eigenvalue weighted by molar-refractivity contribution is 8.00. The maximum Gasteiger partial charge on any atom is 0.0946 e. The molecule has 1 aromatic carbocycles. The lowest BCUT2D eigenvalue weighted by atomic mass is 9.48. The second kappa shape index (κ2) is 7.18. The highest BCUT2D eigenvalue weighted by atomic mass is 32.2. The van der Waals surface area contributed by atoms with Crippen LogP contribution in [-0.4, -0.2) is 14.8 Å². The van der Waals surface area contributed by atoms with E-state index in [4.69, 9.17) is 0 Å². The Kier molecular flexibility index (Phi) is 4.89. The number of aryl methyl sites for hydroxylation is 1. The molecule has 0 spiro atoms. The lowest BCUT2D eigenvalue weighted by Gasteiger charge is -2.59. The van der Waals surface area contributed by atoms with E-state index in [2.05, 4.69) is 73.4 Å². The SMILES string of the molecule is Cc1cc(C(C)(C)C)ccc1SC(Cn1ccnc1)C12CC3CC(CC(C3)C1)C2. The first-order valence-corrected chi connectivity index (χ1v) is 12.4. The molecule has 0 aliphatic heterocycles. The Morgan fingerprint density at radius 1 is 1.10 bits per heavy atom. The summed E-state index contributed by atoms with van der Waals surface area (Å²) in [5.41, 5.74) is 3.63. The standard InChI is InChI=1S/C26H36N2S/c1-18-9-22(25(2,3)4)5-6-23(18)29-24(16-28-8-7-27-17-28)26-13-19-10-20(14-26)12-21(11-19)15-26/h5-9,17,19-21,24H,10-16H2,1-4H3. The van der Waals surface area contributed by atoms with Crippen LogP contribution in [0.1, 0.15) is 70.4 Å². The van der Waals surface area contributed by atoms with Gasteiger partial charge in [-0.25, -0.2) is 4.98 Å². The summed E-state index contributed by atoms with van der Waals surface area (Å²) >= 11 is 2.17. The number of rotatable bonds is 5. The third-order valence-electron chi connectivity index (χ3n) is 8.01. The van der Waals surface area contributed by atoms with Crippen LogP contribution in [0.25, 0.3) is 0 Å². The van der Waals surface area contributed by atoms with Crippen LogP contribution in [0, 0.1) is 30.1 Å². The molecule has 4 aliphatic carbocycles. The molecule has 4 bridgehead atoms. The maximum atomic E-state index is 4.34. The summed E-state index contributed by atoms with van der Waals surface area (Å²) in [4.78, 5) is 5.82. The molecule has 1 unspecified atom stereocenters. The molecule has 0 N–H and O–H groups in total. The van der Waals surface area contributed by atoms with Crippen LogP contribution in [0.2, 0.25) is 0 Å². The molecule has 2 nitrogen and oxygen atoms in total. The first-order chi connectivity index (χ1) is 13.8. The Labute approximate surface area is 180 Å². The summed E-state index contributed by atoms with van der Waals surface area (Å²) in [5.74, 6) is 2.99. The molecule has 156 valence electrons. The Hall–Kier alpha value is -1.22. The van der Waals surface area contributed by atoms with Crippen molar-refractivity contribution in [3.63, 3.8) is 0 Å². The Morgan fingerprint density at radius 3 is 2.28 bits per heavy atom. The average molecular weight is 409 g/mol. The van der Waals surface area contributed by atoms with Crippen LogP contribution in [0.3, 0.4) is 0 Å². The molecule has 0 saturated heterocycles. The molecule has 1 atom stereocenters. The predicted octanol–water partition coefficient (Wildman–Crippen LogP) is 6.87. The van der Waals surface area contributed by atoms with E-state index in [1.165, 1.54) is 54.5 Å². The molecule has 1 aromatic heterocycles. The third kappa shape index (κ3) is 3.80. The molecule has 3 heteroatoms. The lowest BCUT2D eigenvalue weighted by Crippen LogP contribution is -2.51. The van der Waals surface area contributed by atoms with E-state index in [1.54, 1.807) is 0 Å². The number of hydrogen-bond donors (Lipinski definition) is 0. The van der Waals surface area contributed by atoms with Gasteiger partial charge in [-0.15, -0.1) is 11.8 Å². The molecule has 4 fully saturated rings. The van der Waals surface area contributed by atoms with Gasteiger partial charge in [-0.1, -0.05) is 32.9 Å². The van der Waals surface area contributed by atoms with Gasteiger partial charge in [-0.2, -0.15) is 0 Å². The molecular weight excluding hydrogens is 372 g/mol. The number of hydrogen-bond acceptors (Lipinski definition) is 2. The number of thioether (sulfide) groups is 1. The first-order valence-electron chi connectivity index (χ1n) is 11.5. The fourth-order valence-corrected chi connectivity index (χ4v) is 8.40. The molecule has 29 heavy (non-hydrogen) atoms. The average Bonchev–Trinajstić information content (AvgIpc) is 3.14. The number of aromatic nitrogens is 2. The van der Waals surface area contributed by atoms with Gasteiger partial charge in [0.05, 0.1) is 6.33 Å². The third-order valence-corrected chi connectivity index (χ3v) is 9.66. The highest BCUT2D eigenvalue weighted by Crippen LogP contribution is 2.63. The van der Waals surface area contributed by atoms with Crippen LogP contribution >= 0.6 is 11.8 Å². The van der Waals surface area contributed by atoms with Crippen molar-refractivity contribution in [3.05, 3.63) is 48.0 Å². The largest absolute Gasteiger partial charge is 0.336 e. The van der Waals surface area contributed by atoms with Crippen LogP contribution < -0.4 is 0 Å². The van der Waals surface area contributed by atoms with Crippen molar-refractivity contribution in [2.75, 3.05) is 0 Å². The smallest absolute Gasteiger partial charge is 0.0946 e. The zero-order valence-electron chi connectivity index (χ0n) is 18.5. The van der Waals surface area contributed by atoms with Crippen molar-refractivity contribution >= 4 is 11.8 Å².